The first kappa shape index (κ1) is 21.5. The molecule has 0 aliphatic heterocycles. The first-order chi connectivity index (χ1) is 11.8. The van der Waals surface area contributed by atoms with Crippen molar-refractivity contribution in [2.45, 2.75) is 116 Å². The fourth-order valence-corrected chi connectivity index (χ4v) is 3.58. The molecule has 0 aliphatic carbocycles. The molecule has 1 rings (SSSR count). The summed E-state index contributed by atoms with van der Waals surface area (Å²) < 4.78 is 3.00. The second kappa shape index (κ2) is 15.9. The molecule has 0 radical (unpaired) electrons. The lowest BCUT2D eigenvalue weighted by atomic mass is 10.0. The summed E-state index contributed by atoms with van der Waals surface area (Å²) in [6, 6.07) is 0. The van der Waals surface area contributed by atoms with E-state index in [1.165, 1.54) is 103 Å². The molecular formula is C21H40N2S. The van der Waals surface area contributed by atoms with Crippen molar-refractivity contribution in [3.05, 3.63) is 17.2 Å². The Balaban J connectivity index is 1.72. The van der Waals surface area contributed by atoms with Gasteiger partial charge in [-0.25, -0.2) is 0 Å². The molecule has 0 aromatic carbocycles. The van der Waals surface area contributed by atoms with E-state index in [0.29, 0.717) is 0 Å². The van der Waals surface area contributed by atoms with Gasteiger partial charge in [-0.1, -0.05) is 103 Å². The van der Waals surface area contributed by atoms with Gasteiger partial charge in [0.25, 0.3) is 0 Å². The molecule has 24 heavy (non-hydrogen) atoms. The minimum absolute atomic E-state index is 0.857. The number of H-pyrrole nitrogens is 1. The highest BCUT2D eigenvalue weighted by atomic mass is 32.1. The number of imidazole rings is 1. The van der Waals surface area contributed by atoms with Gasteiger partial charge in [0.1, 0.15) is 0 Å². The number of nitrogens with zero attached hydrogens (tertiary/aromatic N) is 1. The van der Waals surface area contributed by atoms with E-state index >= 15 is 0 Å². The SMILES string of the molecule is CCCCCCCCCCCCCCCCCCn1cc[nH]c1=S. The number of aryl methyl sites for hydroxylation is 1. The first-order valence-electron chi connectivity index (χ1n) is 10.6. The van der Waals surface area contributed by atoms with Crippen LogP contribution < -0.4 is 0 Å². The van der Waals surface area contributed by atoms with Crippen LogP contribution in [0.3, 0.4) is 0 Å². The third kappa shape index (κ3) is 11.9. The van der Waals surface area contributed by atoms with E-state index in [2.05, 4.69) is 16.5 Å². The van der Waals surface area contributed by atoms with E-state index in [-0.39, 0.29) is 0 Å². The van der Waals surface area contributed by atoms with Gasteiger partial charge in [-0.05, 0) is 18.6 Å². The molecule has 0 saturated heterocycles. The number of hydrogen-bond acceptors (Lipinski definition) is 1. The number of nitrogens with one attached hydrogen (secondary N) is 1. The van der Waals surface area contributed by atoms with Crippen LogP contribution in [0.5, 0.6) is 0 Å². The summed E-state index contributed by atoms with van der Waals surface area (Å²) in [5.41, 5.74) is 0. The fraction of sp³-hybridized carbons (Fsp3) is 0.857. The lowest BCUT2D eigenvalue weighted by Gasteiger charge is -2.04. The van der Waals surface area contributed by atoms with Crippen LogP contribution in [-0.4, -0.2) is 9.55 Å². The van der Waals surface area contributed by atoms with Crippen LogP contribution in [0, 0.1) is 4.77 Å². The van der Waals surface area contributed by atoms with Crippen LogP contribution in [-0.2, 0) is 6.54 Å². The monoisotopic (exact) mass is 352 g/mol. The number of aromatic nitrogens is 2. The normalized spacial score (nSPS) is 11.2. The van der Waals surface area contributed by atoms with Crippen LogP contribution in [0.2, 0.25) is 0 Å². The number of aromatic amines is 1. The van der Waals surface area contributed by atoms with Gasteiger partial charge in [0.2, 0.25) is 0 Å². The molecule has 1 N–H and O–H groups in total. The Labute approximate surface area is 155 Å². The van der Waals surface area contributed by atoms with Crippen molar-refractivity contribution >= 4 is 12.2 Å². The van der Waals surface area contributed by atoms with Crippen LogP contribution in [0.25, 0.3) is 0 Å². The van der Waals surface area contributed by atoms with Gasteiger partial charge in [0.15, 0.2) is 4.77 Å². The van der Waals surface area contributed by atoms with E-state index in [9.17, 15) is 0 Å². The van der Waals surface area contributed by atoms with Crippen molar-refractivity contribution in [3.63, 3.8) is 0 Å². The number of unbranched alkanes of at least 4 members (excludes halogenated alkanes) is 15. The predicted octanol–water partition coefficient (Wildman–Crippen LogP) is 7.81. The Morgan fingerprint density at radius 3 is 1.50 bits per heavy atom. The van der Waals surface area contributed by atoms with Crippen molar-refractivity contribution < 1.29 is 0 Å². The molecule has 1 aromatic rings. The predicted molar refractivity (Wildman–Crippen MR) is 109 cm³/mol. The van der Waals surface area contributed by atoms with Gasteiger partial charge >= 0.3 is 0 Å². The molecule has 0 fully saturated rings. The number of hydrogen-bond donors (Lipinski definition) is 1. The molecular weight excluding hydrogens is 312 g/mol. The van der Waals surface area contributed by atoms with E-state index in [4.69, 9.17) is 12.2 Å². The van der Waals surface area contributed by atoms with Crippen LogP contribution >= 0.6 is 12.2 Å². The Kier molecular flexibility index (Phi) is 14.3. The Bertz CT molecular complexity index is 421. The average Bonchev–Trinajstić information content (AvgIpc) is 2.99. The Morgan fingerprint density at radius 2 is 1.12 bits per heavy atom. The maximum atomic E-state index is 5.20. The van der Waals surface area contributed by atoms with E-state index in [1.807, 2.05) is 12.4 Å². The highest BCUT2D eigenvalue weighted by Crippen LogP contribution is 2.13. The van der Waals surface area contributed by atoms with Gasteiger partial charge in [-0.3, -0.25) is 0 Å². The van der Waals surface area contributed by atoms with E-state index in [0.717, 1.165) is 11.3 Å². The molecule has 0 bridgehead atoms. The summed E-state index contributed by atoms with van der Waals surface area (Å²) in [5.74, 6) is 0. The molecule has 2 nitrogen and oxygen atoms in total. The van der Waals surface area contributed by atoms with Crippen molar-refractivity contribution in [1.82, 2.24) is 9.55 Å². The Hall–Kier alpha value is -0.570. The second-order valence-corrected chi connectivity index (χ2v) is 7.65. The van der Waals surface area contributed by atoms with Gasteiger partial charge in [0, 0.05) is 18.9 Å². The zero-order valence-electron chi connectivity index (χ0n) is 16.0. The zero-order chi connectivity index (χ0) is 17.3. The molecule has 0 atom stereocenters. The molecule has 0 aliphatic rings. The molecule has 3 heteroatoms. The number of rotatable bonds is 17. The third-order valence-corrected chi connectivity index (χ3v) is 5.33. The van der Waals surface area contributed by atoms with Crippen LogP contribution in [0.1, 0.15) is 110 Å². The van der Waals surface area contributed by atoms with Crippen LogP contribution in [0.15, 0.2) is 12.4 Å². The summed E-state index contributed by atoms with van der Waals surface area (Å²) in [4.78, 5) is 3.05. The lowest BCUT2D eigenvalue weighted by Crippen LogP contribution is -1.96. The van der Waals surface area contributed by atoms with E-state index < -0.39 is 0 Å². The quantitative estimate of drug-likeness (QED) is 0.224. The summed E-state index contributed by atoms with van der Waals surface area (Å²) in [6.45, 7) is 3.36. The largest absolute Gasteiger partial charge is 0.337 e. The molecule has 1 heterocycles. The standard InChI is InChI=1S/C21H40N2S/c1-2-3-4-5-6-7-8-9-10-11-12-13-14-15-16-17-19-23-20-18-22-21(23)24/h18,20H,2-17,19H2,1H3,(H,22,24). The Morgan fingerprint density at radius 1 is 0.708 bits per heavy atom. The second-order valence-electron chi connectivity index (χ2n) is 7.26. The van der Waals surface area contributed by atoms with Gasteiger partial charge in [-0.15, -0.1) is 0 Å². The summed E-state index contributed by atoms with van der Waals surface area (Å²) in [5, 5.41) is 0. The highest BCUT2D eigenvalue weighted by molar-refractivity contribution is 7.71. The third-order valence-electron chi connectivity index (χ3n) is 4.97. The van der Waals surface area contributed by atoms with Gasteiger partial charge < -0.3 is 9.55 Å². The van der Waals surface area contributed by atoms with Crippen molar-refractivity contribution in [1.29, 1.82) is 0 Å². The highest BCUT2D eigenvalue weighted by Gasteiger charge is 1.96. The minimum atomic E-state index is 0.857. The molecule has 0 spiro atoms. The molecule has 0 saturated carbocycles. The topological polar surface area (TPSA) is 20.7 Å². The van der Waals surface area contributed by atoms with Gasteiger partial charge in [-0.2, -0.15) is 0 Å². The van der Waals surface area contributed by atoms with Crippen LogP contribution in [0.4, 0.5) is 0 Å². The van der Waals surface area contributed by atoms with Crippen molar-refractivity contribution in [2.24, 2.45) is 0 Å². The maximum Gasteiger partial charge on any atom is 0.177 e. The fourth-order valence-electron chi connectivity index (χ4n) is 3.36. The molecule has 1 aromatic heterocycles. The molecule has 0 unspecified atom stereocenters. The van der Waals surface area contributed by atoms with E-state index in [1.54, 1.807) is 0 Å². The smallest absolute Gasteiger partial charge is 0.177 e. The zero-order valence-corrected chi connectivity index (χ0v) is 16.8. The average molecular weight is 353 g/mol. The molecule has 0 amide bonds. The minimum Gasteiger partial charge on any atom is -0.337 e. The first-order valence-corrected chi connectivity index (χ1v) is 11.0. The maximum absolute atomic E-state index is 5.20. The van der Waals surface area contributed by atoms with Gasteiger partial charge in [0.05, 0.1) is 0 Å². The summed E-state index contributed by atoms with van der Waals surface area (Å²) in [7, 11) is 0. The van der Waals surface area contributed by atoms with Crippen molar-refractivity contribution in [3.8, 4) is 0 Å². The lowest BCUT2D eigenvalue weighted by molar-refractivity contribution is 0.520. The summed E-state index contributed by atoms with van der Waals surface area (Å²) in [6.07, 6.45) is 26.7. The molecule has 140 valence electrons. The van der Waals surface area contributed by atoms with Crippen molar-refractivity contribution in [2.75, 3.05) is 0 Å². The summed E-state index contributed by atoms with van der Waals surface area (Å²) >= 11 is 5.20.